The van der Waals surface area contributed by atoms with E-state index >= 15 is 0 Å². The monoisotopic (exact) mass is 225 g/mol. The van der Waals surface area contributed by atoms with Gasteiger partial charge < -0.3 is 0 Å². The average molecular weight is 225 g/mol. The third kappa shape index (κ3) is 4.66. The maximum absolute atomic E-state index is 12.7. The molecule has 0 bridgehead atoms. The molecule has 0 saturated carbocycles. The van der Waals surface area contributed by atoms with Crippen molar-refractivity contribution in [2.75, 3.05) is 0 Å². The normalized spacial score (nSPS) is 14.7. The van der Waals surface area contributed by atoms with Crippen LogP contribution in [0.15, 0.2) is 9.98 Å². The minimum Gasteiger partial charge on any atom is -0.281 e. The molecule has 86 valence electrons. The Labute approximate surface area is 84.4 Å². The van der Waals surface area contributed by atoms with Crippen LogP contribution in [0.5, 0.6) is 0 Å². The van der Waals surface area contributed by atoms with Gasteiger partial charge in [-0.05, 0) is 6.92 Å². The van der Waals surface area contributed by atoms with E-state index in [2.05, 4.69) is 9.98 Å². The fourth-order valence-corrected chi connectivity index (χ4v) is 0.567. The smallest absolute Gasteiger partial charge is 0.281 e. The molecule has 0 aliphatic rings. The van der Waals surface area contributed by atoms with Gasteiger partial charge in [0.2, 0.25) is 0 Å². The van der Waals surface area contributed by atoms with Crippen LogP contribution in [0.2, 0.25) is 0 Å². The molecule has 0 unspecified atom stereocenters. The lowest BCUT2D eigenvalue weighted by atomic mass is 10.3. The first kappa shape index (κ1) is 13.7. The van der Waals surface area contributed by atoms with Gasteiger partial charge >= 0.3 is 11.8 Å². The topological polar surface area (TPSA) is 48.6 Å². The van der Waals surface area contributed by atoms with E-state index in [4.69, 9.17) is 5.41 Å². The van der Waals surface area contributed by atoms with Crippen molar-refractivity contribution in [1.29, 1.82) is 5.41 Å². The minimum absolute atomic E-state index is 0.403. The number of nitrogens with zero attached hydrogens (tertiary/aromatic N) is 2. The maximum atomic E-state index is 12.7. The Hall–Kier alpha value is -1.27. The molecule has 0 aliphatic carbocycles. The standard InChI is InChI=1S/C8H11F4N3/c1-4-14-6(8(3,11)12)15-5(13)7(2,9)10/h4,13H,1-3H3/b13-5?,14-4-,15-6-. The summed E-state index contributed by atoms with van der Waals surface area (Å²) in [6.45, 7) is 2.22. The zero-order chi connectivity index (χ0) is 12.3. The van der Waals surface area contributed by atoms with Crippen molar-refractivity contribution in [3.63, 3.8) is 0 Å². The van der Waals surface area contributed by atoms with Gasteiger partial charge in [0, 0.05) is 20.1 Å². The van der Waals surface area contributed by atoms with Crippen LogP contribution >= 0.6 is 0 Å². The Kier molecular flexibility index (Phi) is 4.12. The number of halogens is 4. The Morgan fingerprint density at radius 1 is 1.13 bits per heavy atom. The maximum Gasteiger partial charge on any atom is 0.303 e. The molecule has 0 fully saturated rings. The van der Waals surface area contributed by atoms with Gasteiger partial charge in [0.15, 0.2) is 11.7 Å². The van der Waals surface area contributed by atoms with E-state index in [-0.39, 0.29) is 0 Å². The summed E-state index contributed by atoms with van der Waals surface area (Å²) in [6, 6.07) is 0. The van der Waals surface area contributed by atoms with Crippen LogP contribution in [0.1, 0.15) is 20.8 Å². The first-order valence-electron chi connectivity index (χ1n) is 4.01. The lowest BCUT2D eigenvalue weighted by molar-refractivity contribution is 0.0941. The van der Waals surface area contributed by atoms with E-state index in [9.17, 15) is 17.6 Å². The number of hydrogen-bond acceptors (Lipinski definition) is 1. The predicted molar refractivity (Wildman–Crippen MR) is 50.6 cm³/mol. The van der Waals surface area contributed by atoms with Crippen LogP contribution in [-0.4, -0.2) is 29.7 Å². The molecule has 1 N–H and O–H groups in total. The SMILES string of the molecule is C/C=N\C(=N/C(=N)C(C)(F)F)C(C)(F)F. The van der Waals surface area contributed by atoms with E-state index < -0.39 is 23.5 Å². The van der Waals surface area contributed by atoms with Crippen molar-refractivity contribution >= 4 is 17.9 Å². The highest BCUT2D eigenvalue weighted by molar-refractivity contribution is 6.03. The van der Waals surface area contributed by atoms with Crippen molar-refractivity contribution in [1.82, 2.24) is 0 Å². The Balaban J connectivity index is 5.12. The fourth-order valence-electron chi connectivity index (χ4n) is 0.567. The molecule has 0 saturated heterocycles. The van der Waals surface area contributed by atoms with E-state index in [0.29, 0.717) is 13.8 Å². The number of nitrogens with one attached hydrogen (secondary N) is 1. The van der Waals surface area contributed by atoms with Gasteiger partial charge in [-0.25, -0.2) is 9.98 Å². The first-order chi connectivity index (χ1) is 6.59. The van der Waals surface area contributed by atoms with Crippen LogP contribution < -0.4 is 0 Å². The molecular weight excluding hydrogens is 214 g/mol. The zero-order valence-electron chi connectivity index (χ0n) is 8.48. The number of alkyl halides is 4. The molecule has 3 nitrogen and oxygen atoms in total. The molecule has 0 aromatic carbocycles. The predicted octanol–water partition coefficient (Wildman–Crippen LogP) is 2.76. The van der Waals surface area contributed by atoms with E-state index in [1.807, 2.05) is 0 Å². The highest BCUT2D eigenvalue weighted by atomic mass is 19.3. The summed E-state index contributed by atoms with van der Waals surface area (Å²) >= 11 is 0. The van der Waals surface area contributed by atoms with E-state index in [1.54, 1.807) is 0 Å². The summed E-state index contributed by atoms with van der Waals surface area (Å²) in [5.74, 6) is -9.55. The van der Waals surface area contributed by atoms with Crippen LogP contribution in [0.25, 0.3) is 0 Å². The molecule has 0 aromatic rings. The largest absolute Gasteiger partial charge is 0.303 e. The quantitative estimate of drug-likeness (QED) is 0.427. The van der Waals surface area contributed by atoms with Gasteiger partial charge in [-0.1, -0.05) is 0 Å². The van der Waals surface area contributed by atoms with Crippen molar-refractivity contribution in [2.45, 2.75) is 32.6 Å². The molecule has 0 atom stereocenters. The van der Waals surface area contributed by atoms with Crippen molar-refractivity contribution in [2.24, 2.45) is 9.98 Å². The summed E-state index contributed by atoms with van der Waals surface area (Å²) < 4.78 is 50.4. The zero-order valence-corrected chi connectivity index (χ0v) is 8.48. The highest BCUT2D eigenvalue weighted by Crippen LogP contribution is 2.19. The van der Waals surface area contributed by atoms with Gasteiger partial charge in [-0.3, -0.25) is 5.41 Å². The lowest BCUT2D eigenvalue weighted by Gasteiger charge is -2.12. The molecule has 0 aromatic heterocycles. The molecule has 0 aliphatic heterocycles. The minimum atomic E-state index is -3.56. The van der Waals surface area contributed by atoms with Crippen LogP contribution in [0.3, 0.4) is 0 Å². The average Bonchev–Trinajstić information content (AvgIpc) is 1.99. The van der Waals surface area contributed by atoms with Gasteiger partial charge in [0.1, 0.15) is 0 Å². The van der Waals surface area contributed by atoms with Crippen LogP contribution in [0.4, 0.5) is 17.6 Å². The second kappa shape index (κ2) is 4.50. The lowest BCUT2D eigenvalue weighted by Crippen LogP contribution is -2.28. The number of rotatable bonds is 2. The molecule has 0 heterocycles. The molecule has 0 rings (SSSR count). The third-order valence-electron chi connectivity index (χ3n) is 1.28. The molecular formula is C8H11F4N3. The van der Waals surface area contributed by atoms with Crippen molar-refractivity contribution < 1.29 is 17.6 Å². The summed E-state index contributed by atoms with van der Waals surface area (Å²) in [7, 11) is 0. The molecule has 15 heavy (non-hydrogen) atoms. The van der Waals surface area contributed by atoms with Crippen LogP contribution in [-0.2, 0) is 0 Å². The molecule has 0 radical (unpaired) electrons. The number of amidine groups is 2. The van der Waals surface area contributed by atoms with Crippen molar-refractivity contribution in [3.8, 4) is 0 Å². The van der Waals surface area contributed by atoms with Crippen molar-refractivity contribution in [3.05, 3.63) is 0 Å². The van der Waals surface area contributed by atoms with Gasteiger partial charge in [0.05, 0.1) is 0 Å². The molecule has 0 amide bonds. The first-order valence-corrected chi connectivity index (χ1v) is 4.01. The summed E-state index contributed by atoms with van der Waals surface area (Å²) in [4.78, 5) is 5.96. The van der Waals surface area contributed by atoms with E-state index in [1.165, 1.54) is 6.92 Å². The second-order valence-corrected chi connectivity index (χ2v) is 2.95. The molecule has 0 spiro atoms. The summed E-state index contributed by atoms with van der Waals surface area (Å²) in [6.07, 6.45) is 0.997. The van der Waals surface area contributed by atoms with Gasteiger partial charge in [-0.15, -0.1) is 0 Å². The fraction of sp³-hybridized carbons (Fsp3) is 0.625. The Bertz CT molecular complexity index is 296. The second-order valence-electron chi connectivity index (χ2n) is 2.95. The number of aliphatic imine (C=N–C) groups is 2. The summed E-state index contributed by atoms with van der Waals surface area (Å²) in [5.41, 5.74) is 0. The third-order valence-corrected chi connectivity index (χ3v) is 1.28. The number of hydrogen-bond donors (Lipinski definition) is 1. The van der Waals surface area contributed by atoms with Gasteiger partial charge in [0.25, 0.3) is 0 Å². The van der Waals surface area contributed by atoms with Gasteiger partial charge in [-0.2, -0.15) is 17.6 Å². The summed E-state index contributed by atoms with van der Waals surface area (Å²) in [5, 5.41) is 6.78. The van der Waals surface area contributed by atoms with E-state index in [0.717, 1.165) is 6.21 Å². The van der Waals surface area contributed by atoms with Crippen LogP contribution in [0, 0.1) is 5.41 Å². The highest BCUT2D eigenvalue weighted by Gasteiger charge is 2.34. The molecule has 7 heteroatoms. The Morgan fingerprint density at radius 3 is 1.87 bits per heavy atom. The Morgan fingerprint density at radius 2 is 1.60 bits per heavy atom.